The lowest BCUT2D eigenvalue weighted by molar-refractivity contribution is 0.945. The minimum Gasteiger partial charge on any atom is -0.350 e. The van der Waals surface area contributed by atoms with Crippen LogP contribution in [0.15, 0.2) is 29.3 Å². The van der Waals surface area contributed by atoms with Crippen LogP contribution in [0.1, 0.15) is 5.56 Å². The van der Waals surface area contributed by atoms with E-state index >= 15 is 0 Å². The normalized spacial score (nSPS) is 10.9. The molecule has 1 heterocycles. The third-order valence-corrected chi connectivity index (χ3v) is 2.57. The van der Waals surface area contributed by atoms with Crippen molar-refractivity contribution in [3.05, 3.63) is 29.8 Å². The average molecular weight is 192 g/mol. The van der Waals surface area contributed by atoms with E-state index in [0.717, 1.165) is 17.0 Å². The van der Waals surface area contributed by atoms with Gasteiger partial charge in [-0.15, -0.1) is 12.6 Å². The molecule has 2 rings (SSSR count). The first-order chi connectivity index (χ1) is 6.33. The Morgan fingerprint density at radius 1 is 1.31 bits per heavy atom. The van der Waals surface area contributed by atoms with Crippen LogP contribution in [-0.2, 0) is 6.42 Å². The number of aromatic nitrogens is 1. The van der Waals surface area contributed by atoms with Crippen LogP contribution < -0.4 is 5.73 Å². The second-order valence-electron chi connectivity index (χ2n) is 3.04. The molecular formula is C10H12N2S. The van der Waals surface area contributed by atoms with E-state index in [1.165, 1.54) is 10.9 Å². The molecule has 0 amide bonds. The van der Waals surface area contributed by atoms with Crippen molar-refractivity contribution in [2.45, 2.75) is 11.4 Å². The Labute approximate surface area is 82.5 Å². The lowest BCUT2D eigenvalue weighted by atomic mass is 10.1. The Hall–Kier alpha value is -0.930. The Kier molecular flexibility index (Phi) is 2.29. The zero-order chi connectivity index (χ0) is 9.26. The van der Waals surface area contributed by atoms with Crippen molar-refractivity contribution < 1.29 is 0 Å². The fourth-order valence-electron chi connectivity index (χ4n) is 1.58. The molecule has 2 aromatic rings. The number of benzene rings is 1. The summed E-state index contributed by atoms with van der Waals surface area (Å²) in [6, 6.07) is 8.19. The zero-order valence-electron chi connectivity index (χ0n) is 7.25. The molecule has 0 aliphatic rings. The largest absolute Gasteiger partial charge is 0.350 e. The molecule has 0 aliphatic heterocycles. The Balaban J connectivity index is 2.64. The minimum absolute atomic E-state index is 0.662. The molecule has 0 bridgehead atoms. The smallest absolute Gasteiger partial charge is 0.0734 e. The molecule has 0 aliphatic carbocycles. The van der Waals surface area contributed by atoms with E-state index in [4.69, 9.17) is 5.73 Å². The molecule has 0 fully saturated rings. The molecule has 2 nitrogen and oxygen atoms in total. The quantitative estimate of drug-likeness (QED) is 0.625. The van der Waals surface area contributed by atoms with Crippen molar-refractivity contribution in [2.24, 2.45) is 5.73 Å². The fourth-order valence-corrected chi connectivity index (χ4v) is 1.94. The van der Waals surface area contributed by atoms with E-state index in [1.807, 2.05) is 12.1 Å². The maximum atomic E-state index is 5.53. The van der Waals surface area contributed by atoms with Gasteiger partial charge in [0.25, 0.3) is 0 Å². The number of fused-ring (bicyclic) bond motifs is 1. The van der Waals surface area contributed by atoms with Gasteiger partial charge in [-0.25, -0.2) is 0 Å². The molecule has 3 heteroatoms. The first kappa shape index (κ1) is 8.66. The predicted molar refractivity (Wildman–Crippen MR) is 58.3 cm³/mol. The number of thiol groups is 1. The van der Waals surface area contributed by atoms with Gasteiger partial charge in [0, 0.05) is 10.9 Å². The van der Waals surface area contributed by atoms with Crippen molar-refractivity contribution in [3.8, 4) is 0 Å². The highest BCUT2D eigenvalue weighted by Crippen LogP contribution is 2.24. The molecule has 3 N–H and O–H groups in total. The van der Waals surface area contributed by atoms with Crippen LogP contribution in [0.2, 0.25) is 0 Å². The summed E-state index contributed by atoms with van der Waals surface area (Å²) in [6.45, 7) is 0.662. The SMILES string of the molecule is NCCc1c(S)[nH]c2ccccc12. The van der Waals surface area contributed by atoms with E-state index in [-0.39, 0.29) is 0 Å². The Morgan fingerprint density at radius 2 is 2.08 bits per heavy atom. The van der Waals surface area contributed by atoms with E-state index in [1.54, 1.807) is 0 Å². The first-order valence-electron chi connectivity index (χ1n) is 4.31. The third kappa shape index (κ3) is 1.45. The van der Waals surface area contributed by atoms with Gasteiger partial charge in [0.05, 0.1) is 5.03 Å². The van der Waals surface area contributed by atoms with Gasteiger partial charge in [0.2, 0.25) is 0 Å². The lowest BCUT2D eigenvalue weighted by Gasteiger charge is -1.96. The maximum absolute atomic E-state index is 5.53. The van der Waals surface area contributed by atoms with Gasteiger partial charge in [-0.1, -0.05) is 18.2 Å². The van der Waals surface area contributed by atoms with Gasteiger partial charge in [-0.2, -0.15) is 0 Å². The molecule has 0 radical (unpaired) electrons. The van der Waals surface area contributed by atoms with Crippen LogP contribution in [-0.4, -0.2) is 11.5 Å². The number of H-pyrrole nitrogens is 1. The summed E-state index contributed by atoms with van der Waals surface area (Å²) < 4.78 is 0. The van der Waals surface area contributed by atoms with Crippen LogP contribution >= 0.6 is 12.6 Å². The van der Waals surface area contributed by atoms with Crippen molar-refractivity contribution in [1.82, 2.24) is 4.98 Å². The lowest BCUT2D eigenvalue weighted by Crippen LogP contribution is -2.02. The molecule has 13 heavy (non-hydrogen) atoms. The monoisotopic (exact) mass is 192 g/mol. The Bertz CT molecular complexity index is 420. The summed E-state index contributed by atoms with van der Waals surface area (Å²) in [7, 11) is 0. The van der Waals surface area contributed by atoms with Crippen molar-refractivity contribution in [1.29, 1.82) is 0 Å². The molecule has 0 spiro atoms. The number of nitrogens with two attached hydrogens (primary N) is 1. The van der Waals surface area contributed by atoms with Crippen molar-refractivity contribution >= 4 is 23.5 Å². The number of nitrogens with one attached hydrogen (secondary N) is 1. The van der Waals surface area contributed by atoms with Gasteiger partial charge in [0.15, 0.2) is 0 Å². The zero-order valence-corrected chi connectivity index (χ0v) is 8.14. The fraction of sp³-hybridized carbons (Fsp3) is 0.200. The number of para-hydroxylation sites is 1. The topological polar surface area (TPSA) is 41.8 Å². The van der Waals surface area contributed by atoms with Gasteiger partial charge in [0.1, 0.15) is 0 Å². The summed E-state index contributed by atoms with van der Waals surface area (Å²) in [5.41, 5.74) is 7.89. The average Bonchev–Trinajstić information content (AvgIpc) is 2.44. The van der Waals surface area contributed by atoms with E-state index in [2.05, 4.69) is 29.7 Å². The van der Waals surface area contributed by atoms with Gasteiger partial charge < -0.3 is 10.7 Å². The third-order valence-electron chi connectivity index (χ3n) is 2.19. The summed E-state index contributed by atoms with van der Waals surface area (Å²) in [5, 5.41) is 2.17. The summed E-state index contributed by atoms with van der Waals surface area (Å²) in [5.74, 6) is 0. The number of rotatable bonds is 2. The minimum atomic E-state index is 0.662. The van der Waals surface area contributed by atoms with Crippen LogP contribution in [0.3, 0.4) is 0 Å². The van der Waals surface area contributed by atoms with Gasteiger partial charge in [-0.05, 0) is 24.6 Å². The molecule has 0 unspecified atom stereocenters. The van der Waals surface area contributed by atoms with Gasteiger partial charge in [-0.3, -0.25) is 0 Å². The van der Waals surface area contributed by atoms with Crippen molar-refractivity contribution in [2.75, 3.05) is 6.54 Å². The molecule has 1 aromatic carbocycles. The molecule has 0 atom stereocenters. The highest BCUT2D eigenvalue weighted by atomic mass is 32.1. The summed E-state index contributed by atoms with van der Waals surface area (Å²) in [4.78, 5) is 3.22. The highest BCUT2D eigenvalue weighted by Gasteiger charge is 2.06. The van der Waals surface area contributed by atoms with E-state index in [0.29, 0.717) is 6.54 Å². The number of aromatic amines is 1. The van der Waals surface area contributed by atoms with Crippen LogP contribution in [0.25, 0.3) is 10.9 Å². The standard InChI is InChI=1S/C10H12N2S/c11-6-5-8-7-3-1-2-4-9(7)12-10(8)13/h1-4,12-13H,5-6,11H2. The number of hydrogen-bond donors (Lipinski definition) is 3. The molecular weight excluding hydrogens is 180 g/mol. The van der Waals surface area contributed by atoms with Crippen LogP contribution in [0, 0.1) is 0 Å². The Morgan fingerprint density at radius 3 is 2.85 bits per heavy atom. The molecule has 0 saturated carbocycles. The molecule has 68 valence electrons. The number of hydrogen-bond acceptors (Lipinski definition) is 2. The highest BCUT2D eigenvalue weighted by molar-refractivity contribution is 7.80. The maximum Gasteiger partial charge on any atom is 0.0734 e. The summed E-state index contributed by atoms with van der Waals surface area (Å²) in [6.07, 6.45) is 0.878. The van der Waals surface area contributed by atoms with Crippen molar-refractivity contribution in [3.63, 3.8) is 0 Å². The van der Waals surface area contributed by atoms with Crippen LogP contribution in [0.5, 0.6) is 0 Å². The van der Waals surface area contributed by atoms with E-state index in [9.17, 15) is 0 Å². The van der Waals surface area contributed by atoms with E-state index < -0.39 is 0 Å². The second kappa shape index (κ2) is 3.44. The van der Waals surface area contributed by atoms with Crippen LogP contribution in [0.4, 0.5) is 0 Å². The van der Waals surface area contributed by atoms with Gasteiger partial charge >= 0.3 is 0 Å². The predicted octanol–water partition coefficient (Wildman–Crippen LogP) is 1.96. The molecule has 1 aromatic heterocycles. The summed E-state index contributed by atoms with van der Waals surface area (Å²) >= 11 is 4.38. The molecule has 0 saturated heterocycles. The second-order valence-corrected chi connectivity index (χ2v) is 3.48. The first-order valence-corrected chi connectivity index (χ1v) is 4.76.